The molecule has 5 heteroatoms. The van der Waals surface area contributed by atoms with Crippen molar-refractivity contribution in [1.29, 1.82) is 0 Å². The van der Waals surface area contributed by atoms with E-state index in [4.69, 9.17) is 0 Å². The first kappa shape index (κ1) is 11.1. The fourth-order valence-corrected chi connectivity index (χ4v) is 2.02. The summed E-state index contributed by atoms with van der Waals surface area (Å²) in [5, 5.41) is 0. The highest BCUT2D eigenvalue weighted by atomic mass is 79.9. The van der Waals surface area contributed by atoms with E-state index >= 15 is 0 Å². The number of hydrogen-bond donors (Lipinski definition) is 0. The molecular weight excluding hydrogens is 274 g/mol. The Morgan fingerprint density at radius 2 is 1.88 bits per heavy atom. The number of rotatable bonds is 1. The number of anilines is 1. The smallest absolute Gasteiger partial charge is 0.333 e. The van der Waals surface area contributed by atoms with Gasteiger partial charge < -0.3 is 9.64 Å². The van der Waals surface area contributed by atoms with Crippen molar-refractivity contribution in [2.75, 3.05) is 18.0 Å². The highest BCUT2D eigenvalue weighted by Crippen LogP contribution is 2.27. The van der Waals surface area contributed by atoms with Crippen LogP contribution in [-0.2, 0) is 14.3 Å². The van der Waals surface area contributed by atoms with Crippen LogP contribution in [0.25, 0.3) is 0 Å². The summed E-state index contributed by atoms with van der Waals surface area (Å²) in [6.07, 6.45) is 0. The lowest BCUT2D eigenvalue weighted by Gasteiger charge is -2.27. The second-order valence-electron chi connectivity index (χ2n) is 3.59. The predicted octanol–water partition coefficient (Wildman–Crippen LogP) is 1.65. The molecule has 0 aliphatic carbocycles. The monoisotopic (exact) mass is 283 g/mol. The summed E-state index contributed by atoms with van der Waals surface area (Å²) in [5.74, 6) is -1.01. The summed E-state index contributed by atoms with van der Waals surface area (Å²) < 4.78 is 5.43. The summed E-state index contributed by atoms with van der Waals surface area (Å²) >= 11 is 3.42. The lowest BCUT2D eigenvalue weighted by Crippen LogP contribution is -2.43. The SMILES string of the molecule is Cc1c(Br)cccc1N1CC(=O)OC(=O)C1. The molecule has 0 saturated carbocycles. The van der Waals surface area contributed by atoms with E-state index in [2.05, 4.69) is 20.7 Å². The van der Waals surface area contributed by atoms with Crippen LogP contribution in [-0.4, -0.2) is 25.0 Å². The van der Waals surface area contributed by atoms with Gasteiger partial charge in [0.2, 0.25) is 0 Å². The molecule has 1 aromatic carbocycles. The van der Waals surface area contributed by atoms with E-state index in [1.165, 1.54) is 0 Å². The first-order valence-corrected chi connectivity index (χ1v) is 5.61. The molecular formula is C11H10BrNO3. The van der Waals surface area contributed by atoms with E-state index in [9.17, 15) is 9.59 Å². The maximum Gasteiger partial charge on any atom is 0.333 e. The quantitative estimate of drug-likeness (QED) is 0.581. The van der Waals surface area contributed by atoms with Gasteiger partial charge in [0.05, 0.1) is 0 Å². The Labute approximate surface area is 101 Å². The molecule has 1 saturated heterocycles. The summed E-state index contributed by atoms with van der Waals surface area (Å²) in [4.78, 5) is 24.0. The molecule has 16 heavy (non-hydrogen) atoms. The summed E-state index contributed by atoms with van der Waals surface area (Å²) in [6.45, 7) is 2.16. The average Bonchev–Trinajstić information content (AvgIpc) is 2.20. The maximum absolute atomic E-state index is 11.2. The fraction of sp³-hybridized carbons (Fsp3) is 0.273. The molecule has 0 spiro atoms. The fourth-order valence-electron chi connectivity index (χ4n) is 1.67. The Hall–Kier alpha value is -1.36. The molecule has 1 fully saturated rings. The third-order valence-electron chi connectivity index (χ3n) is 2.45. The lowest BCUT2D eigenvalue weighted by atomic mass is 10.1. The number of morpholine rings is 1. The number of ether oxygens (including phenoxy) is 1. The summed E-state index contributed by atoms with van der Waals surface area (Å²) in [6, 6.07) is 5.67. The second-order valence-corrected chi connectivity index (χ2v) is 4.44. The van der Waals surface area contributed by atoms with Gasteiger partial charge in [0, 0.05) is 10.2 Å². The van der Waals surface area contributed by atoms with Crippen LogP contribution < -0.4 is 4.90 Å². The van der Waals surface area contributed by atoms with Crippen molar-refractivity contribution in [3.8, 4) is 0 Å². The molecule has 1 aliphatic rings. The van der Waals surface area contributed by atoms with Gasteiger partial charge in [-0.15, -0.1) is 0 Å². The van der Waals surface area contributed by atoms with Crippen LogP contribution >= 0.6 is 15.9 Å². The zero-order valence-corrected chi connectivity index (χ0v) is 10.3. The average molecular weight is 284 g/mol. The molecule has 0 atom stereocenters. The number of nitrogens with zero attached hydrogens (tertiary/aromatic N) is 1. The number of esters is 2. The Kier molecular flexibility index (Phi) is 2.96. The first-order valence-electron chi connectivity index (χ1n) is 4.81. The Bertz CT molecular complexity index is 443. The van der Waals surface area contributed by atoms with Crippen molar-refractivity contribution in [1.82, 2.24) is 0 Å². The molecule has 0 bridgehead atoms. The molecule has 4 nitrogen and oxygen atoms in total. The van der Waals surface area contributed by atoms with Crippen LogP contribution in [0.2, 0.25) is 0 Å². The van der Waals surface area contributed by atoms with Gasteiger partial charge >= 0.3 is 11.9 Å². The third kappa shape index (κ3) is 2.09. The minimum atomic E-state index is -0.504. The van der Waals surface area contributed by atoms with Gasteiger partial charge in [0.1, 0.15) is 13.1 Å². The zero-order valence-electron chi connectivity index (χ0n) is 8.70. The number of hydrogen-bond acceptors (Lipinski definition) is 4. The maximum atomic E-state index is 11.2. The standard InChI is InChI=1S/C11H10BrNO3/c1-7-8(12)3-2-4-9(7)13-5-10(14)16-11(15)6-13/h2-4H,5-6H2,1H3. The van der Waals surface area contributed by atoms with Crippen molar-refractivity contribution in [2.24, 2.45) is 0 Å². The van der Waals surface area contributed by atoms with E-state index in [0.29, 0.717) is 0 Å². The van der Waals surface area contributed by atoms with Gasteiger partial charge in [-0.1, -0.05) is 22.0 Å². The van der Waals surface area contributed by atoms with Gasteiger partial charge in [-0.25, -0.2) is 9.59 Å². The Morgan fingerprint density at radius 3 is 2.50 bits per heavy atom. The first-order chi connectivity index (χ1) is 7.58. The van der Waals surface area contributed by atoms with E-state index in [1.54, 1.807) is 4.90 Å². The molecule has 0 aromatic heterocycles. The largest absolute Gasteiger partial charge is 0.390 e. The van der Waals surface area contributed by atoms with Gasteiger partial charge in [0.25, 0.3) is 0 Å². The van der Waals surface area contributed by atoms with E-state index in [1.807, 2.05) is 25.1 Å². The number of halogens is 1. The summed E-state index contributed by atoms with van der Waals surface area (Å²) in [7, 11) is 0. The van der Waals surface area contributed by atoms with Crippen molar-refractivity contribution < 1.29 is 14.3 Å². The molecule has 1 heterocycles. The van der Waals surface area contributed by atoms with Crippen molar-refractivity contribution >= 4 is 33.6 Å². The third-order valence-corrected chi connectivity index (χ3v) is 3.31. The molecule has 0 N–H and O–H groups in total. The number of cyclic esters (lactones) is 2. The minimum Gasteiger partial charge on any atom is -0.390 e. The molecule has 0 radical (unpaired) electrons. The van der Waals surface area contributed by atoms with Gasteiger partial charge in [0.15, 0.2) is 0 Å². The van der Waals surface area contributed by atoms with Crippen LogP contribution in [0.3, 0.4) is 0 Å². The topological polar surface area (TPSA) is 46.6 Å². The van der Waals surface area contributed by atoms with E-state index in [0.717, 1.165) is 15.7 Å². The zero-order chi connectivity index (χ0) is 11.7. The molecule has 0 unspecified atom stereocenters. The van der Waals surface area contributed by atoms with Crippen LogP contribution in [0.1, 0.15) is 5.56 Å². The van der Waals surface area contributed by atoms with Gasteiger partial charge in [-0.3, -0.25) is 0 Å². The van der Waals surface area contributed by atoms with E-state index in [-0.39, 0.29) is 13.1 Å². The number of carbonyl (C=O) groups excluding carboxylic acids is 2. The van der Waals surface area contributed by atoms with Crippen molar-refractivity contribution in [3.63, 3.8) is 0 Å². The lowest BCUT2D eigenvalue weighted by molar-refractivity contribution is -0.160. The van der Waals surface area contributed by atoms with Crippen LogP contribution in [0.15, 0.2) is 22.7 Å². The minimum absolute atomic E-state index is 0.114. The second kappa shape index (κ2) is 4.25. The predicted molar refractivity (Wildman–Crippen MR) is 62.2 cm³/mol. The van der Waals surface area contributed by atoms with Gasteiger partial charge in [-0.05, 0) is 24.6 Å². The van der Waals surface area contributed by atoms with Crippen molar-refractivity contribution in [2.45, 2.75) is 6.92 Å². The molecule has 1 aliphatic heterocycles. The van der Waals surface area contributed by atoms with Crippen LogP contribution in [0, 0.1) is 6.92 Å². The van der Waals surface area contributed by atoms with Gasteiger partial charge in [-0.2, -0.15) is 0 Å². The highest BCUT2D eigenvalue weighted by Gasteiger charge is 2.25. The Morgan fingerprint density at radius 1 is 1.25 bits per heavy atom. The Balaban J connectivity index is 2.33. The highest BCUT2D eigenvalue weighted by molar-refractivity contribution is 9.10. The normalized spacial score (nSPS) is 16.2. The molecule has 2 rings (SSSR count). The van der Waals surface area contributed by atoms with E-state index < -0.39 is 11.9 Å². The summed E-state index contributed by atoms with van der Waals surface area (Å²) in [5.41, 5.74) is 1.88. The number of carbonyl (C=O) groups is 2. The molecule has 84 valence electrons. The van der Waals surface area contributed by atoms with Crippen molar-refractivity contribution in [3.05, 3.63) is 28.2 Å². The molecule has 0 amide bonds. The molecule has 1 aromatic rings. The van der Waals surface area contributed by atoms with Crippen LogP contribution in [0.5, 0.6) is 0 Å². The van der Waals surface area contributed by atoms with Crippen LogP contribution in [0.4, 0.5) is 5.69 Å². The number of benzene rings is 1.